The minimum Gasteiger partial charge on any atom is -0.320 e. The van der Waals surface area contributed by atoms with Gasteiger partial charge in [0, 0.05) is 19.0 Å². The minimum atomic E-state index is -3.47. The first kappa shape index (κ1) is 20.6. The fourth-order valence-electron chi connectivity index (χ4n) is 2.61. The van der Waals surface area contributed by atoms with Crippen LogP contribution < -0.4 is 5.32 Å². The van der Waals surface area contributed by atoms with Gasteiger partial charge in [-0.05, 0) is 37.4 Å². The average Bonchev–Trinajstić information content (AvgIpc) is 2.61. The van der Waals surface area contributed by atoms with Gasteiger partial charge in [-0.3, -0.25) is 0 Å². The molecule has 4 nitrogen and oxygen atoms in total. The van der Waals surface area contributed by atoms with Crippen molar-refractivity contribution < 1.29 is 8.42 Å². The van der Waals surface area contributed by atoms with Gasteiger partial charge in [-0.2, -0.15) is 0 Å². The van der Waals surface area contributed by atoms with Crippen LogP contribution >= 0.6 is 0 Å². The average molecular weight is 351 g/mol. The van der Waals surface area contributed by atoms with Gasteiger partial charge in [0.05, 0.1) is 4.90 Å². The van der Waals surface area contributed by atoms with Gasteiger partial charge < -0.3 is 5.32 Å². The largest absolute Gasteiger partial charge is 0.320 e. The molecule has 2 aromatic carbocycles. The molecule has 0 aliphatic rings. The van der Waals surface area contributed by atoms with Gasteiger partial charge in [0.25, 0.3) is 0 Å². The summed E-state index contributed by atoms with van der Waals surface area (Å²) in [5, 5.41) is 4.82. The van der Waals surface area contributed by atoms with Crippen molar-refractivity contribution in [3.05, 3.63) is 42.5 Å². The number of nitrogens with one attached hydrogen (secondary N) is 1. The lowest BCUT2D eigenvalue weighted by molar-refractivity contribution is 0.383. The van der Waals surface area contributed by atoms with Crippen LogP contribution in [0.4, 0.5) is 0 Å². The second-order valence-corrected chi connectivity index (χ2v) is 7.77. The predicted molar refractivity (Wildman–Crippen MR) is 103 cm³/mol. The zero-order valence-corrected chi connectivity index (χ0v) is 16.2. The molecule has 0 aliphatic heterocycles. The number of rotatable bonds is 7. The summed E-state index contributed by atoms with van der Waals surface area (Å²) in [6, 6.07) is 13.0. The Hall–Kier alpha value is -1.43. The molecular weight excluding hydrogens is 320 g/mol. The molecule has 0 fully saturated rings. The van der Waals surface area contributed by atoms with Crippen LogP contribution in [0, 0.1) is 5.92 Å². The molecule has 0 saturated heterocycles. The van der Waals surface area contributed by atoms with Crippen LogP contribution in [0.2, 0.25) is 0 Å². The maximum atomic E-state index is 12.9. The maximum absolute atomic E-state index is 12.9. The van der Waals surface area contributed by atoms with E-state index >= 15 is 0 Å². The summed E-state index contributed by atoms with van der Waals surface area (Å²) >= 11 is 0. The Kier molecular flexibility index (Phi) is 8.39. The molecule has 0 aromatic heterocycles. The number of nitrogens with zero attached hydrogens (tertiary/aromatic N) is 1. The van der Waals surface area contributed by atoms with Crippen molar-refractivity contribution in [2.75, 3.05) is 27.2 Å². The third-order valence-electron chi connectivity index (χ3n) is 3.89. The van der Waals surface area contributed by atoms with Crippen LogP contribution in [0.5, 0.6) is 0 Å². The Morgan fingerprint density at radius 1 is 1.08 bits per heavy atom. The number of benzene rings is 2. The molecular formula is C19H30N2O2S. The Morgan fingerprint density at radius 2 is 1.71 bits per heavy atom. The number of fused-ring (bicyclic) bond motifs is 1. The van der Waals surface area contributed by atoms with E-state index in [-0.39, 0.29) is 0 Å². The molecule has 1 N–H and O–H groups in total. The van der Waals surface area contributed by atoms with E-state index in [0.717, 1.165) is 23.7 Å². The molecule has 0 radical (unpaired) electrons. The molecule has 0 aliphatic carbocycles. The molecule has 0 bridgehead atoms. The summed E-state index contributed by atoms with van der Waals surface area (Å²) in [7, 11) is 0.0930. The Morgan fingerprint density at radius 3 is 2.38 bits per heavy atom. The van der Waals surface area contributed by atoms with Crippen molar-refractivity contribution in [3.63, 3.8) is 0 Å². The van der Waals surface area contributed by atoms with Crippen molar-refractivity contribution in [1.82, 2.24) is 9.62 Å². The first-order valence-corrected chi connectivity index (χ1v) is 9.99. The van der Waals surface area contributed by atoms with E-state index in [2.05, 4.69) is 12.2 Å². The highest BCUT2D eigenvalue weighted by Gasteiger charge is 2.24. The molecule has 0 amide bonds. The van der Waals surface area contributed by atoms with Gasteiger partial charge in [-0.15, -0.1) is 0 Å². The first-order chi connectivity index (χ1) is 11.5. The van der Waals surface area contributed by atoms with E-state index in [9.17, 15) is 8.42 Å². The monoisotopic (exact) mass is 350 g/mol. The highest BCUT2D eigenvalue weighted by atomic mass is 32.2. The fraction of sp³-hybridized carbons (Fsp3) is 0.474. The highest BCUT2D eigenvalue weighted by Crippen LogP contribution is 2.25. The third-order valence-corrected chi connectivity index (χ3v) is 5.78. The first-order valence-electron chi connectivity index (χ1n) is 8.55. The van der Waals surface area contributed by atoms with Crippen molar-refractivity contribution >= 4 is 20.8 Å². The molecule has 0 heterocycles. The Bertz CT molecular complexity index is 724. The maximum Gasteiger partial charge on any atom is 0.243 e. The topological polar surface area (TPSA) is 49.4 Å². The van der Waals surface area contributed by atoms with Crippen LogP contribution in [0.3, 0.4) is 0 Å². The summed E-state index contributed by atoms with van der Waals surface area (Å²) < 4.78 is 27.2. The van der Waals surface area contributed by atoms with Crippen LogP contribution in [-0.4, -0.2) is 39.9 Å². The molecule has 2 aromatic rings. The van der Waals surface area contributed by atoms with Crippen molar-refractivity contribution in [1.29, 1.82) is 0 Å². The molecule has 24 heavy (non-hydrogen) atoms. The lowest BCUT2D eigenvalue weighted by Gasteiger charge is -2.22. The number of sulfonamides is 1. The zero-order chi connectivity index (χ0) is 18.2. The van der Waals surface area contributed by atoms with Crippen LogP contribution in [0.25, 0.3) is 10.8 Å². The van der Waals surface area contributed by atoms with E-state index in [1.807, 2.05) is 51.2 Å². The van der Waals surface area contributed by atoms with Crippen LogP contribution in [-0.2, 0) is 10.0 Å². The molecule has 1 atom stereocenters. The molecule has 134 valence electrons. The van der Waals surface area contributed by atoms with Gasteiger partial charge >= 0.3 is 0 Å². The van der Waals surface area contributed by atoms with Crippen molar-refractivity contribution in [3.8, 4) is 0 Å². The van der Waals surface area contributed by atoms with Gasteiger partial charge in [0.2, 0.25) is 10.0 Å². The predicted octanol–water partition coefficient (Wildman–Crippen LogP) is 3.73. The van der Waals surface area contributed by atoms with Crippen LogP contribution in [0.1, 0.15) is 27.2 Å². The lowest BCUT2D eigenvalue weighted by atomic mass is 10.1. The number of hydrogen-bond donors (Lipinski definition) is 1. The van der Waals surface area contributed by atoms with Crippen LogP contribution in [0.15, 0.2) is 47.4 Å². The normalized spacial score (nSPS) is 12.8. The van der Waals surface area contributed by atoms with E-state index in [0.29, 0.717) is 17.4 Å². The van der Waals surface area contributed by atoms with E-state index in [1.54, 1.807) is 19.2 Å². The van der Waals surface area contributed by atoms with E-state index in [4.69, 9.17) is 0 Å². The standard InChI is InChI=1S/C17H24N2O2S.C2H6/c1-14(11-12-18-2)13-19(3)22(20,21)17-10-6-8-15-7-4-5-9-16(15)17;1-2/h4-10,14,18H,11-13H2,1-3H3;1-2H3. The summed E-state index contributed by atoms with van der Waals surface area (Å²) in [5.74, 6) is 0.308. The SMILES string of the molecule is CC.CNCCC(C)CN(C)S(=O)(=O)c1cccc2ccccc12. The van der Waals surface area contributed by atoms with E-state index < -0.39 is 10.0 Å². The summed E-state index contributed by atoms with van der Waals surface area (Å²) in [6.45, 7) is 7.49. The molecule has 0 saturated carbocycles. The quantitative estimate of drug-likeness (QED) is 0.828. The zero-order valence-electron chi connectivity index (χ0n) is 15.4. The molecule has 1 unspecified atom stereocenters. The Labute approximate surface area is 146 Å². The molecule has 0 spiro atoms. The van der Waals surface area contributed by atoms with Gasteiger partial charge in [0.15, 0.2) is 0 Å². The van der Waals surface area contributed by atoms with Gasteiger partial charge in [-0.25, -0.2) is 12.7 Å². The fourth-order valence-corrected chi connectivity index (χ4v) is 4.11. The summed E-state index contributed by atoms with van der Waals surface area (Å²) in [6.07, 6.45) is 0.950. The Balaban J connectivity index is 0.00000139. The molecule has 2 rings (SSSR count). The highest BCUT2D eigenvalue weighted by molar-refractivity contribution is 7.89. The number of hydrogen-bond acceptors (Lipinski definition) is 3. The van der Waals surface area contributed by atoms with E-state index in [1.165, 1.54) is 4.31 Å². The summed E-state index contributed by atoms with van der Waals surface area (Å²) in [5.41, 5.74) is 0. The summed E-state index contributed by atoms with van der Waals surface area (Å²) in [4.78, 5) is 0.383. The smallest absolute Gasteiger partial charge is 0.243 e. The third kappa shape index (κ3) is 5.03. The lowest BCUT2D eigenvalue weighted by Crippen LogP contribution is -2.32. The van der Waals surface area contributed by atoms with Gasteiger partial charge in [0.1, 0.15) is 0 Å². The second-order valence-electron chi connectivity index (χ2n) is 5.76. The minimum absolute atomic E-state index is 0.308. The van der Waals surface area contributed by atoms with Gasteiger partial charge in [-0.1, -0.05) is 57.2 Å². The molecule has 5 heteroatoms. The second kappa shape index (κ2) is 9.77. The van der Waals surface area contributed by atoms with Crippen molar-refractivity contribution in [2.45, 2.75) is 32.1 Å². The van der Waals surface area contributed by atoms with Crippen molar-refractivity contribution in [2.24, 2.45) is 5.92 Å².